The fourth-order valence-electron chi connectivity index (χ4n) is 0.974. The molecule has 3 N–H and O–H groups in total. The van der Waals surface area contributed by atoms with Gasteiger partial charge in [-0.25, -0.2) is 4.98 Å². The number of nitrogens with two attached hydrogens (primary N) is 1. The highest BCUT2D eigenvalue weighted by atomic mass is 19.4. The molecular weight excluding hydrogens is 225 g/mol. The molecule has 7 heteroatoms. The molecule has 0 spiro atoms. The zero-order valence-corrected chi connectivity index (χ0v) is 8.29. The minimum atomic E-state index is -4.53. The number of hydrogen-bond acceptors (Lipinski definition) is 4. The summed E-state index contributed by atoms with van der Waals surface area (Å²) in [5.41, 5.74) is 4.38. The van der Waals surface area contributed by atoms with E-state index in [-0.39, 0.29) is 24.7 Å². The summed E-state index contributed by atoms with van der Waals surface area (Å²) >= 11 is 0. The van der Waals surface area contributed by atoms with Crippen LogP contribution in [-0.2, 0) is 6.18 Å². The van der Waals surface area contributed by atoms with Crippen molar-refractivity contribution in [1.82, 2.24) is 4.98 Å². The van der Waals surface area contributed by atoms with E-state index in [1.54, 1.807) is 0 Å². The molecule has 1 aromatic rings. The highest BCUT2D eigenvalue weighted by Crippen LogP contribution is 2.32. The fourth-order valence-corrected chi connectivity index (χ4v) is 0.974. The first-order valence-electron chi connectivity index (χ1n) is 4.51. The Morgan fingerprint density at radius 3 is 2.69 bits per heavy atom. The SMILES string of the molecule is Nc1cnc(C(F)(F)F)cc1OCCCO. The van der Waals surface area contributed by atoms with Crippen LogP contribution >= 0.6 is 0 Å². The molecule has 0 unspecified atom stereocenters. The zero-order chi connectivity index (χ0) is 12.2. The van der Waals surface area contributed by atoms with Crippen LogP contribution in [0.3, 0.4) is 0 Å². The van der Waals surface area contributed by atoms with Crippen molar-refractivity contribution in [3.63, 3.8) is 0 Å². The predicted molar refractivity (Wildman–Crippen MR) is 50.8 cm³/mol. The summed E-state index contributed by atoms with van der Waals surface area (Å²) in [6, 6.07) is 0.743. The number of nitrogen functional groups attached to an aromatic ring is 1. The van der Waals surface area contributed by atoms with Gasteiger partial charge in [0.1, 0.15) is 11.4 Å². The van der Waals surface area contributed by atoms with Crippen molar-refractivity contribution in [1.29, 1.82) is 0 Å². The van der Waals surface area contributed by atoms with Gasteiger partial charge >= 0.3 is 6.18 Å². The van der Waals surface area contributed by atoms with Crippen LogP contribution in [0.25, 0.3) is 0 Å². The molecule has 1 rings (SSSR count). The van der Waals surface area contributed by atoms with Gasteiger partial charge in [0.05, 0.1) is 18.5 Å². The minimum absolute atomic E-state index is 0.0333. The van der Waals surface area contributed by atoms with Gasteiger partial charge in [-0.1, -0.05) is 0 Å². The molecule has 1 heterocycles. The number of pyridine rings is 1. The second kappa shape index (κ2) is 5.02. The number of rotatable bonds is 4. The van der Waals surface area contributed by atoms with E-state index in [0.29, 0.717) is 6.42 Å². The van der Waals surface area contributed by atoms with Crippen molar-refractivity contribution in [3.05, 3.63) is 18.0 Å². The molecule has 90 valence electrons. The topological polar surface area (TPSA) is 68.4 Å². The second-order valence-electron chi connectivity index (χ2n) is 3.03. The van der Waals surface area contributed by atoms with Crippen molar-refractivity contribution in [2.24, 2.45) is 0 Å². The Hall–Kier alpha value is -1.50. The highest BCUT2D eigenvalue weighted by Gasteiger charge is 2.33. The van der Waals surface area contributed by atoms with Crippen LogP contribution in [0, 0.1) is 0 Å². The molecule has 0 aromatic carbocycles. The van der Waals surface area contributed by atoms with E-state index in [9.17, 15) is 13.2 Å². The summed E-state index contributed by atoms with van der Waals surface area (Å²) in [4.78, 5) is 3.16. The number of hydrogen-bond donors (Lipinski definition) is 2. The third-order valence-corrected chi connectivity index (χ3v) is 1.75. The van der Waals surface area contributed by atoms with E-state index in [4.69, 9.17) is 15.6 Å². The number of ether oxygens (including phenoxy) is 1. The maximum Gasteiger partial charge on any atom is 0.433 e. The number of anilines is 1. The number of alkyl halides is 3. The Morgan fingerprint density at radius 2 is 2.12 bits per heavy atom. The van der Waals surface area contributed by atoms with Gasteiger partial charge in [0, 0.05) is 19.1 Å². The van der Waals surface area contributed by atoms with Gasteiger partial charge in [-0.2, -0.15) is 13.2 Å². The summed E-state index contributed by atoms with van der Waals surface area (Å²) in [5.74, 6) is -0.0734. The number of nitrogens with zero attached hydrogens (tertiary/aromatic N) is 1. The summed E-state index contributed by atoms with van der Waals surface area (Å²) in [6.07, 6.45) is -3.30. The molecule has 0 saturated carbocycles. The van der Waals surface area contributed by atoms with E-state index in [2.05, 4.69) is 4.98 Å². The average Bonchev–Trinajstić information content (AvgIpc) is 2.19. The lowest BCUT2D eigenvalue weighted by Crippen LogP contribution is -2.10. The first kappa shape index (κ1) is 12.6. The maximum atomic E-state index is 12.3. The van der Waals surface area contributed by atoms with E-state index in [0.717, 1.165) is 12.3 Å². The Bertz CT molecular complexity index is 355. The quantitative estimate of drug-likeness (QED) is 0.776. The lowest BCUT2D eigenvalue weighted by Gasteiger charge is -2.11. The van der Waals surface area contributed by atoms with Crippen molar-refractivity contribution in [3.8, 4) is 5.75 Å². The van der Waals surface area contributed by atoms with Crippen LogP contribution in [0.4, 0.5) is 18.9 Å². The Labute approximate surface area is 89.9 Å². The Kier molecular flexibility index (Phi) is 3.94. The molecule has 0 saturated heterocycles. The third kappa shape index (κ3) is 3.27. The molecule has 0 aliphatic carbocycles. The van der Waals surface area contributed by atoms with Crippen LogP contribution in [0.1, 0.15) is 12.1 Å². The molecule has 0 radical (unpaired) electrons. The molecule has 1 aromatic heterocycles. The summed E-state index contributed by atoms with van der Waals surface area (Å²) in [7, 11) is 0. The van der Waals surface area contributed by atoms with Crippen molar-refractivity contribution >= 4 is 5.69 Å². The van der Waals surface area contributed by atoms with Gasteiger partial charge < -0.3 is 15.6 Å². The summed E-state index contributed by atoms with van der Waals surface area (Å²) < 4.78 is 41.9. The monoisotopic (exact) mass is 236 g/mol. The summed E-state index contributed by atoms with van der Waals surface area (Å²) in [5, 5.41) is 8.49. The van der Waals surface area contributed by atoms with E-state index in [1.807, 2.05) is 0 Å². The number of aliphatic hydroxyl groups excluding tert-OH is 1. The molecule has 0 atom stereocenters. The maximum absolute atomic E-state index is 12.3. The molecule has 0 amide bonds. The number of halogens is 3. The fraction of sp³-hybridized carbons (Fsp3) is 0.444. The molecule has 0 aliphatic rings. The second-order valence-corrected chi connectivity index (χ2v) is 3.03. The normalized spacial score (nSPS) is 11.5. The van der Waals surface area contributed by atoms with Crippen LogP contribution in [0.5, 0.6) is 5.75 Å². The largest absolute Gasteiger partial charge is 0.491 e. The van der Waals surface area contributed by atoms with Gasteiger partial charge in [-0.3, -0.25) is 0 Å². The van der Waals surface area contributed by atoms with Crippen molar-refractivity contribution in [2.45, 2.75) is 12.6 Å². The van der Waals surface area contributed by atoms with E-state index < -0.39 is 11.9 Å². The molecule has 4 nitrogen and oxygen atoms in total. The standard InChI is InChI=1S/C9H11F3N2O2/c10-9(11,12)8-4-7(6(13)5-14-8)16-3-1-2-15/h4-5,15H,1-3,13H2. The first-order chi connectivity index (χ1) is 7.45. The van der Waals surface area contributed by atoms with E-state index in [1.165, 1.54) is 0 Å². The van der Waals surface area contributed by atoms with Crippen LogP contribution in [0.2, 0.25) is 0 Å². The predicted octanol–water partition coefficient (Wildman–Crippen LogP) is 1.44. The van der Waals surface area contributed by atoms with Gasteiger partial charge in [0.2, 0.25) is 0 Å². The van der Waals surface area contributed by atoms with Gasteiger partial charge in [-0.15, -0.1) is 0 Å². The molecular formula is C9H11F3N2O2. The number of aliphatic hydroxyl groups is 1. The van der Waals surface area contributed by atoms with Gasteiger partial charge in [0.15, 0.2) is 0 Å². The van der Waals surface area contributed by atoms with E-state index >= 15 is 0 Å². The van der Waals surface area contributed by atoms with Crippen LogP contribution in [0.15, 0.2) is 12.3 Å². The highest BCUT2D eigenvalue weighted by molar-refractivity contribution is 5.51. The lowest BCUT2D eigenvalue weighted by molar-refractivity contribution is -0.141. The van der Waals surface area contributed by atoms with Crippen molar-refractivity contribution in [2.75, 3.05) is 18.9 Å². The smallest absolute Gasteiger partial charge is 0.433 e. The lowest BCUT2D eigenvalue weighted by atomic mass is 10.3. The molecule has 16 heavy (non-hydrogen) atoms. The molecule has 0 fully saturated rings. The average molecular weight is 236 g/mol. The van der Waals surface area contributed by atoms with Crippen LogP contribution < -0.4 is 10.5 Å². The van der Waals surface area contributed by atoms with Gasteiger partial charge in [-0.05, 0) is 0 Å². The molecule has 0 aliphatic heterocycles. The Morgan fingerprint density at radius 1 is 1.44 bits per heavy atom. The Balaban J connectivity index is 2.83. The van der Waals surface area contributed by atoms with Crippen molar-refractivity contribution < 1.29 is 23.0 Å². The molecule has 0 bridgehead atoms. The number of aromatic nitrogens is 1. The van der Waals surface area contributed by atoms with Crippen LogP contribution in [-0.4, -0.2) is 23.3 Å². The first-order valence-corrected chi connectivity index (χ1v) is 4.51. The van der Waals surface area contributed by atoms with Gasteiger partial charge in [0.25, 0.3) is 0 Å². The third-order valence-electron chi connectivity index (χ3n) is 1.75. The zero-order valence-electron chi connectivity index (χ0n) is 8.29. The summed E-state index contributed by atoms with van der Waals surface area (Å²) in [6.45, 7) is -0.000866. The minimum Gasteiger partial charge on any atom is -0.491 e.